The van der Waals surface area contributed by atoms with E-state index in [9.17, 15) is 18.3 Å². The number of hydrogen-bond acceptors (Lipinski definition) is 3. The van der Waals surface area contributed by atoms with E-state index in [1.165, 1.54) is 18.2 Å². The molecule has 17 heavy (non-hydrogen) atoms. The average Bonchev–Trinajstić information content (AvgIpc) is 2.25. The summed E-state index contributed by atoms with van der Waals surface area (Å²) < 4.78 is 40.3. The summed E-state index contributed by atoms with van der Waals surface area (Å²) in [5, 5.41) is 9.84. The average molecular weight is 249 g/mol. The molecule has 0 fully saturated rings. The highest BCUT2D eigenvalue weighted by Gasteiger charge is 2.33. The molecule has 2 atom stereocenters. The molecule has 0 aliphatic rings. The van der Waals surface area contributed by atoms with Gasteiger partial charge in [0.05, 0.1) is 6.10 Å². The molecule has 0 radical (unpaired) electrons. The maximum atomic E-state index is 12.1. The van der Waals surface area contributed by atoms with E-state index in [2.05, 4.69) is 4.74 Å². The van der Waals surface area contributed by atoms with Gasteiger partial charge in [-0.2, -0.15) is 0 Å². The molecule has 1 rings (SSSR count). The molecule has 0 saturated heterocycles. The van der Waals surface area contributed by atoms with Crippen molar-refractivity contribution >= 4 is 0 Å². The number of benzene rings is 1. The minimum absolute atomic E-state index is 0.0859. The number of aliphatic hydroxyl groups excluding tert-OH is 1. The van der Waals surface area contributed by atoms with Crippen LogP contribution in [0.5, 0.6) is 5.75 Å². The predicted molar refractivity (Wildman–Crippen MR) is 56.3 cm³/mol. The van der Waals surface area contributed by atoms with Crippen molar-refractivity contribution in [1.82, 2.24) is 0 Å². The monoisotopic (exact) mass is 249 g/mol. The van der Waals surface area contributed by atoms with Crippen molar-refractivity contribution in [3.05, 3.63) is 29.8 Å². The molecule has 2 unspecified atom stereocenters. The molecule has 0 aromatic heterocycles. The number of alkyl halides is 3. The largest absolute Gasteiger partial charge is 0.573 e. The number of para-hydroxylation sites is 1. The Morgan fingerprint density at radius 2 is 1.94 bits per heavy atom. The van der Waals surface area contributed by atoms with Gasteiger partial charge in [0, 0.05) is 5.56 Å². The highest BCUT2D eigenvalue weighted by Crippen LogP contribution is 2.32. The van der Waals surface area contributed by atoms with Crippen LogP contribution in [0.3, 0.4) is 0 Å². The second-order valence-corrected chi connectivity index (χ2v) is 3.74. The molecule has 0 aliphatic carbocycles. The van der Waals surface area contributed by atoms with Crippen LogP contribution in [0.4, 0.5) is 13.2 Å². The van der Waals surface area contributed by atoms with Crippen molar-refractivity contribution in [1.29, 1.82) is 0 Å². The predicted octanol–water partition coefficient (Wildman–Crippen LogP) is 2.21. The molecule has 3 N–H and O–H groups in total. The molecule has 0 bridgehead atoms. The number of nitrogens with two attached hydrogens (primary N) is 1. The van der Waals surface area contributed by atoms with E-state index in [1.807, 2.05) is 0 Å². The SMILES string of the molecule is CC(CN)C(O)c1ccccc1OC(F)(F)F. The Morgan fingerprint density at radius 3 is 2.47 bits per heavy atom. The molecule has 0 amide bonds. The fraction of sp³-hybridized carbons (Fsp3) is 0.455. The zero-order valence-electron chi connectivity index (χ0n) is 9.24. The molecule has 3 nitrogen and oxygen atoms in total. The topological polar surface area (TPSA) is 55.5 Å². The Bertz CT molecular complexity index is 368. The second kappa shape index (κ2) is 5.37. The Kier molecular flexibility index (Phi) is 4.36. The summed E-state index contributed by atoms with van der Waals surface area (Å²) in [6, 6.07) is 5.49. The van der Waals surface area contributed by atoms with Crippen molar-refractivity contribution in [3.8, 4) is 5.75 Å². The Balaban J connectivity index is 2.99. The summed E-state index contributed by atoms with van der Waals surface area (Å²) in [4.78, 5) is 0. The van der Waals surface area contributed by atoms with Crippen molar-refractivity contribution in [2.24, 2.45) is 11.7 Å². The molecular weight excluding hydrogens is 235 g/mol. The van der Waals surface area contributed by atoms with E-state index in [0.29, 0.717) is 0 Å². The van der Waals surface area contributed by atoms with Gasteiger partial charge in [-0.25, -0.2) is 0 Å². The van der Waals surface area contributed by atoms with E-state index in [4.69, 9.17) is 5.73 Å². The molecular formula is C11H14F3NO2. The van der Waals surface area contributed by atoms with Gasteiger partial charge in [-0.05, 0) is 18.5 Å². The summed E-state index contributed by atoms with van der Waals surface area (Å²) in [5.41, 5.74) is 5.45. The van der Waals surface area contributed by atoms with Crippen LogP contribution < -0.4 is 10.5 Å². The minimum atomic E-state index is -4.78. The maximum Gasteiger partial charge on any atom is 0.573 e. The van der Waals surface area contributed by atoms with E-state index < -0.39 is 18.2 Å². The van der Waals surface area contributed by atoms with Gasteiger partial charge in [-0.15, -0.1) is 13.2 Å². The minimum Gasteiger partial charge on any atom is -0.405 e. The number of aliphatic hydroxyl groups is 1. The standard InChI is InChI=1S/C11H14F3NO2/c1-7(6-15)10(16)8-4-2-3-5-9(8)17-11(12,13)14/h2-5,7,10,16H,6,15H2,1H3. The number of hydrogen-bond donors (Lipinski definition) is 2. The van der Waals surface area contributed by atoms with Crippen molar-refractivity contribution in [3.63, 3.8) is 0 Å². The molecule has 0 spiro atoms. The molecule has 0 heterocycles. The molecule has 96 valence electrons. The van der Waals surface area contributed by atoms with E-state index >= 15 is 0 Å². The van der Waals surface area contributed by atoms with E-state index in [1.54, 1.807) is 6.92 Å². The maximum absolute atomic E-state index is 12.1. The van der Waals surface area contributed by atoms with E-state index in [0.717, 1.165) is 6.07 Å². The van der Waals surface area contributed by atoms with Gasteiger partial charge in [-0.1, -0.05) is 25.1 Å². The van der Waals surface area contributed by atoms with Gasteiger partial charge in [0.1, 0.15) is 5.75 Å². The van der Waals surface area contributed by atoms with Crippen molar-refractivity contribution < 1.29 is 23.0 Å². The Labute approximate surface area is 97.0 Å². The van der Waals surface area contributed by atoms with Crippen LogP contribution in [0, 0.1) is 5.92 Å². The van der Waals surface area contributed by atoms with Crippen molar-refractivity contribution in [2.75, 3.05) is 6.54 Å². The van der Waals surface area contributed by atoms with Crippen LogP contribution in [0.15, 0.2) is 24.3 Å². The van der Waals surface area contributed by atoms with Gasteiger partial charge < -0.3 is 15.6 Å². The Morgan fingerprint density at radius 1 is 1.35 bits per heavy atom. The summed E-state index contributed by atoms with van der Waals surface area (Å²) in [7, 11) is 0. The molecule has 1 aromatic rings. The van der Waals surface area contributed by atoms with Gasteiger partial charge in [-0.3, -0.25) is 0 Å². The zero-order valence-corrected chi connectivity index (χ0v) is 9.24. The number of rotatable bonds is 4. The smallest absolute Gasteiger partial charge is 0.405 e. The highest BCUT2D eigenvalue weighted by molar-refractivity contribution is 5.35. The fourth-order valence-electron chi connectivity index (χ4n) is 1.38. The number of halogens is 3. The second-order valence-electron chi connectivity index (χ2n) is 3.74. The molecule has 6 heteroatoms. The van der Waals surface area contributed by atoms with E-state index in [-0.39, 0.29) is 18.0 Å². The first-order valence-corrected chi connectivity index (χ1v) is 5.08. The first-order valence-electron chi connectivity index (χ1n) is 5.08. The first-order chi connectivity index (χ1) is 7.85. The van der Waals surface area contributed by atoms with Gasteiger partial charge in [0.2, 0.25) is 0 Å². The third-order valence-electron chi connectivity index (χ3n) is 2.37. The first kappa shape index (κ1) is 13.8. The van der Waals surface area contributed by atoms with Gasteiger partial charge >= 0.3 is 6.36 Å². The third-order valence-corrected chi connectivity index (χ3v) is 2.37. The van der Waals surface area contributed by atoms with Crippen LogP contribution in [0.2, 0.25) is 0 Å². The van der Waals surface area contributed by atoms with Crippen molar-refractivity contribution in [2.45, 2.75) is 19.4 Å². The van der Waals surface area contributed by atoms with Crippen LogP contribution >= 0.6 is 0 Å². The summed E-state index contributed by atoms with van der Waals surface area (Å²) in [5.74, 6) is -0.749. The number of ether oxygens (including phenoxy) is 1. The quantitative estimate of drug-likeness (QED) is 0.860. The molecule has 0 saturated carbocycles. The normalized spacial score (nSPS) is 15.4. The molecule has 0 aliphatic heterocycles. The zero-order chi connectivity index (χ0) is 13.1. The third kappa shape index (κ3) is 3.90. The lowest BCUT2D eigenvalue weighted by Gasteiger charge is -2.20. The van der Waals surface area contributed by atoms with Gasteiger partial charge in [0.25, 0.3) is 0 Å². The summed E-state index contributed by atoms with van der Waals surface area (Å²) in [6.45, 7) is 1.82. The summed E-state index contributed by atoms with van der Waals surface area (Å²) in [6.07, 6.45) is -5.86. The van der Waals surface area contributed by atoms with Crippen LogP contribution in [-0.4, -0.2) is 18.0 Å². The van der Waals surface area contributed by atoms with Crippen LogP contribution in [0.25, 0.3) is 0 Å². The Hall–Kier alpha value is -1.27. The van der Waals surface area contributed by atoms with Crippen LogP contribution in [-0.2, 0) is 0 Å². The fourth-order valence-corrected chi connectivity index (χ4v) is 1.38. The molecule has 1 aromatic carbocycles. The lowest BCUT2D eigenvalue weighted by atomic mass is 9.97. The highest BCUT2D eigenvalue weighted by atomic mass is 19.4. The lowest BCUT2D eigenvalue weighted by molar-refractivity contribution is -0.275. The lowest BCUT2D eigenvalue weighted by Crippen LogP contribution is -2.22. The summed E-state index contributed by atoms with van der Waals surface area (Å²) >= 11 is 0. The van der Waals surface area contributed by atoms with Gasteiger partial charge in [0.15, 0.2) is 0 Å². The van der Waals surface area contributed by atoms with Crippen LogP contribution in [0.1, 0.15) is 18.6 Å².